The Morgan fingerprint density at radius 3 is 2.44 bits per heavy atom. The molecule has 0 aromatic heterocycles. The second-order valence-electron chi connectivity index (χ2n) is 9.02. The fourth-order valence-corrected chi connectivity index (χ4v) is 4.59. The van der Waals surface area contributed by atoms with Crippen molar-refractivity contribution in [2.24, 2.45) is 11.3 Å². The minimum atomic E-state index is -0.861. The van der Waals surface area contributed by atoms with Gasteiger partial charge in [0.15, 0.2) is 0 Å². The summed E-state index contributed by atoms with van der Waals surface area (Å²) in [6.45, 7) is 5.66. The van der Waals surface area contributed by atoms with Crippen molar-refractivity contribution in [2.45, 2.75) is 50.7 Å². The number of carbonyl (C=O) groups is 1. The van der Waals surface area contributed by atoms with E-state index in [1.54, 1.807) is 36.4 Å². The fourth-order valence-electron chi connectivity index (χ4n) is 4.27. The smallest absolute Gasteiger partial charge is 0.226 e. The largest absolute Gasteiger partial charge is 0.394 e. The molecule has 1 saturated carbocycles. The summed E-state index contributed by atoms with van der Waals surface area (Å²) in [6.07, 6.45) is 3.71. The summed E-state index contributed by atoms with van der Waals surface area (Å²) in [4.78, 5) is 13.4. The number of hydrogen-bond donors (Lipinski definition) is 3. The minimum absolute atomic E-state index is 0.0777. The maximum atomic E-state index is 13.4. The molecule has 3 rings (SSSR count). The van der Waals surface area contributed by atoms with Gasteiger partial charge in [0.1, 0.15) is 0 Å². The lowest BCUT2D eigenvalue weighted by Crippen LogP contribution is -2.47. The van der Waals surface area contributed by atoms with Crippen LogP contribution in [0.3, 0.4) is 0 Å². The zero-order valence-electron chi connectivity index (χ0n) is 18.3. The molecular formula is C26H31Cl2NO3. The monoisotopic (exact) mass is 475 g/mol. The highest BCUT2D eigenvalue weighted by Gasteiger charge is 2.40. The zero-order chi connectivity index (χ0) is 23.3. The third kappa shape index (κ3) is 6.14. The van der Waals surface area contributed by atoms with Crippen molar-refractivity contribution in [3.8, 4) is 0 Å². The second-order valence-corrected chi connectivity index (χ2v) is 9.89. The normalized spacial score (nSPS) is 18.3. The Labute approximate surface area is 200 Å². The maximum Gasteiger partial charge on any atom is 0.226 e. The molecule has 3 N–H and O–H groups in total. The van der Waals surface area contributed by atoms with E-state index in [-0.39, 0.29) is 24.5 Å². The molecule has 2 aromatic rings. The summed E-state index contributed by atoms with van der Waals surface area (Å²) in [7, 11) is 0. The number of allylic oxidation sites excluding steroid dienone is 1. The SMILES string of the molecule is C=CC[C@@](C)(C[C@H](c1cccc(Cl)c1)[C@H](O)c1ccc(Cl)cc1)C(=O)N[C@H](CO)C1CC1. The molecule has 1 fully saturated rings. The van der Waals surface area contributed by atoms with E-state index < -0.39 is 11.5 Å². The molecular weight excluding hydrogens is 445 g/mol. The van der Waals surface area contributed by atoms with Gasteiger partial charge in [0, 0.05) is 16.0 Å². The molecule has 2 aromatic carbocycles. The van der Waals surface area contributed by atoms with Crippen LogP contribution in [-0.4, -0.2) is 28.8 Å². The van der Waals surface area contributed by atoms with E-state index in [4.69, 9.17) is 23.2 Å². The van der Waals surface area contributed by atoms with Crippen molar-refractivity contribution < 1.29 is 15.0 Å². The second kappa shape index (κ2) is 10.8. The van der Waals surface area contributed by atoms with Crippen LogP contribution in [0.2, 0.25) is 10.0 Å². The van der Waals surface area contributed by atoms with Crippen LogP contribution < -0.4 is 5.32 Å². The fraction of sp³-hybridized carbons (Fsp3) is 0.423. The molecule has 1 amide bonds. The average molecular weight is 476 g/mol. The third-order valence-electron chi connectivity index (χ3n) is 6.39. The van der Waals surface area contributed by atoms with Gasteiger partial charge in [0.25, 0.3) is 0 Å². The Balaban J connectivity index is 1.93. The number of halogens is 2. The van der Waals surface area contributed by atoms with Crippen LogP contribution in [0.25, 0.3) is 0 Å². The number of amides is 1. The van der Waals surface area contributed by atoms with Gasteiger partial charge in [-0.3, -0.25) is 4.79 Å². The molecule has 0 aliphatic heterocycles. The maximum absolute atomic E-state index is 13.4. The van der Waals surface area contributed by atoms with Gasteiger partial charge in [0.05, 0.1) is 24.2 Å². The molecule has 0 spiro atoms. The van der Waals surface area contributed by atoms with E-state index in [0.717, 1.165) is 18.4 Å². The highest BCUT2D eigenvalue weighted by Crippen LogP contribution is 2.43. The molecule has 0 unspecified atom stereocenters. The molecule has 172 valence electrons. The van der Waals surface area contributed by atoms with E-state index in [1.807, 2.05) is 25.1 Å². The summed E-state index contributed by atoms with van der Waals surface area (Å²) >= 11 is 12.3. The van der Waals surface area contributed by atoms with Crippen LogP contribution >= 0.6 is 23.2 Å². The molecule has 32 heavy (non-hydrogen) atoms. The molecule has 0 bridgehead atoms. The van der Waals surface area contributed by atoms with Gasteiger partial charge in [0.2, 0.25) is 5.91 Å². The molecule has 1 aliphatic carbocycles. The average Bonchev–Trinajstić information content (AvgIpc) is 3.61. The predicted molar refractivity (Wildman–Crippen MR) is 130 cm³/mol. The minimum Gasteiger partial charge on any atom is -0.394 e. The number of nitrogens with one attached hydrogen (secondary N) is 1. The molecule has 6 heteroatoms. The van der Waals surface area contributed by atoms with Crippen molar-refractivity contribution in [3.63, 3.8) is 0 Å². The van der Waals surface area contributed by atoms with Gasteiger partial charge in [-0.25, -0.2) is 0 Å². The first-order valence-corrected chi connectivity index (χ1v) is 11.7. The summed E-state index contributed by atoms with van der Waals surface area (Å²) < 4.78 is 0. The molecule has 1 aliphatic rings. The third-order valence-corrected chi connectivity index (χ3v) is 6.87. The number of aliphatic hydroxyl groups is 2. The van der Waals surface area contributed by atoms with E-state index in [2.05, 4.69) is 11.9 Å². The number of rotatable bonds is 11. The summed E-state index contributed by atoms with van der Waals surface area (Å²) in [5.74, 6) is -0.196. The Morgan fingerprint density at radius 1 is 1.19 bits per heavy atom. The summed E-state index contributed by atoms with van der Waals surface area (Å²) in [5, 5.41) is 25.3. The number of hydrogen-bond acceptors (Lipinski definition) is 3. The van der Waals surface area contributed by atoms with Crippen LogP contribution in [0.15, 0.2) is 61.2 Å². The lowest BCUT2D eigenvalue weighted by molar-refractivity contribution is -0.132. The van der Waals surface area contributed by atoms with E-state index in [0.29, 0.717) is 34.4 Å². The number of benzene rings is 2. The van der Waals surface area contributed by atoms with Crippen molar-refractivity contribution in [2.75, 3.05) is 6.61 Å². The van der Waals surface area contributed by atoms with Gasteiger partial charge >= 0.3 is 0 Å². The van der Waals surface area contributed by atoms with Crippen LogP contribution in [0.4, 0.5) is 0 Å². The summed E-state index contributed by atoms with van der Waals surface area (Å²) in [6, 6.07) is 14.2. The number of aliphatic hydroxyl groups excluding tert-OH is 2. The standard InChI is InChI=1S/C26H31Cl2NO3/c1-3-13-26(2,25(32)29-23(16-30)17-7-8-17)15-22(19-5-4-6-21(28)14-19)24(31)18-9-11-20(27)12-10-18/h3-6,9-12,14,17,22-24,30-31H,1,7-8,13,15-16H2,2H3,(H,29,32)/t22-,23-,24-,26+/m1/s1. The van der Waals surface area contributed by atoms with Gasteiger partial charge in [-0.2, -0.15) is 0 Å². The lowest BCUT2D eigenvalue weighted by Gasteiger charge is -2.35. The highest BCUT2D eigenvalue weighted by molar-refractivity contribution is 6.30. The van der Waals surface area contributed by atoms with Crippen molar-refractivity contribution in [3.05, 3.63) is 82.4 Å². The van der Waals surface area contributed by atoms with Gasteiger partial charge < -0.3 is 15.5 Å². The quantitative estimate of drug-likeness (QED) is 0.366. The first kappa shape index (κ1) is 24.8. The van der Waals surface area contributed by atoms with Crippen molar-refractivity contribution in [1.82, 2.24) is 5.32 Å². The van der Waals surface area contributed by atoms with Crippen LogP contribution in [0.5, 0.6) is 0 Å². The Hall–Kier alpha value is -1.85. The van der Waals surface area contributed by atoms with E-state index in [9.17, 15) is 15.0 Å². The zero-order valence-corrected chi connectivity index (χ0v) is 19.8. The van der Waals surface area contributed by atoms with E-state index >= 15 is 0 Å². The Bertz CT molecular complexity index is 929. The summed E-state index contributed by atoms with van der Waals surface area (Å²) in [5.41, 5.74) is 0.737. The molecule has 0 saturated heterocycles. The molecule has 4 atom stereocenters. The topological polar surface area (TPSA) is 69.6 Å². The van der Waals surface area contributed by atoms with Crippen molar-refractivity contribution in [1.29, 1.82) is 0 Å². The van der Waals surface area contributed by atoms with Gasteiger partial charge in [-0.15, -0.1) is 6.58 Å². The van der Waals surface area contributed by atoms with Gasteiger partial charge in [-0.1, -0.05) is 60.5 Å². The lowest BCUT2D eigenvalue weighted by atomic mass is 9.72. The number of carbonyl (C=O) groups excluding carboxylic acids is 1. The van der Waals surface area contributed by atoms with E-state index in [1.165, 1.54) is 0 Å². The Kier molecular flexibility index (Phi) is 8.40. The first-order chi connectivity index (χ1) is 15.3. The Morgan fingerprint density at radius 2 is 1.88 bits per heavy atom. The molecule has 4 nitrogen and oxygen atoms in total. The van der Waals surface area contributed by atoms with Gasteiger partial charge in [-0.05, 0) is 67.0 Å². The highest BCUT2D eigenvalue weighted by atomic mass is 35.5. The molecule has 0 radical (unpaired) electrons. The van der Waals surface area contributed by atoms with Crippen LogP contribution in [0, 0.1) is 11.3 Å². The first-order valence-electron chi connectivity index (χ1n) is 11.0. The van der Waals surface area contributed by atoms with Crippen molar-refractivity contribution >= 4 is 29.1 Å². The van der Waals surface area contributed by atoms with Crippen LogP contribution in [-0.2, 0) is 4.79 Å². The predicted octanol–water partition coefficient (Wildman–Crippen LogP) is 5.67. The van der Waals surface area contributed by atoms with Crippen LogP contribution in [0.1, 0.15) is 55.8 Å². The molecule has 0 heterocycles.